The molecular formula is C78H69NO3. The lowest BCUT2D eigenvalue weighted by Gasteiger charge is -2.29. The maximum atomic E-state index is 6.97. The van der Waals surface area contributed by atoms with Crippen LogP contribution in [0.15, 0.2) is 237 Å². The van der Waals surface area contributed by atoms with E-state index in [1.807, 2.05) is 0 Å². The van der Waals surface area contributed by atoms with Gasteiger partial charge in [-0.3, -0.25) is 4.90 Å². The zero-order valence-electron chi connectivity index (χ0n) is 47.9. The predicted molar refractivity (Wildman–Crippen MR) is 342 cm³/mol. The van der Waals surface area contributed by atoms with E-state index in [9.17, 15) is 0 Å². The third kappa shape index (κ3) is 11.4. The fraction of sp³-hybridized carbons (Fsp3) is 0.154. The summed E-state index contributed by atoms with van der Waals surface area (Å²) in [4.78, 5) is 2.67. The fourth-order valence-corrected chi connectivity index (χ4v) is 12.4. The van der Waals surface area contributed by atoms with Gasteiger partial charge in [-0.1, -0.05) is 218 Å². The molecule has 12 rings (SSSR count). The molecule has 0 atom stereocenters. The SMILES string of the molecule is Cc1cc(C)c(-c2c(CN(Cc3ccc4ccccc4c3-c3c(C)cc(C)cc3OCc3ccccc3)Cc3ccc4ccccc4c3-c3c(C)cc(C)cc3OCc3ccccc3)ccc3ccccc23)c(OCc2ccccc2)c1. The average molecular weight is 1070 g/mol. The highest BCUT2D eigenvalue weighted by Gasteiger charge is 2.26. The molecule has 0 radical (unpaired) electrons. The van der Waals surface area contributed by atoms with Gasteiger partial charge in [-0.15, -0.1) is 0 Å². The Hall–Kier alpha value is -9.22. The zero-order valence-corrected chi connectivity index (χ0v) is 47.9. The molecule has 0 aliphatic rings. The first kappa shape index (κ1) is 53.4. The second-order valence-corrected chi connectivity index (χ2v) is 22.3. The van der Waals surface area contributed by atoms with E-state index in [0.29, 0.717) is 39.5 Å². The molecule has 0 aromatic heterocycles. The first-order valence-electron chi connectivity index (χ1n) is 28.7. The van der Waals surface area contributed by atoms with E-state index >= 15 is 0 Å². The largest absolute Gasteiger partial charge is 0.488 e. The van der Waals surface area contributed by atoms with Crippen LogP contribution in [0.1, 0.15) is 66.8 Å². The van der Waals surface area contributed by atoms with Gasteiger partial charge in [-0.25, -0.2) is 0 Å². The van der Waals surface area contributed by atoms with Gasteiger partial charge in [0.1, 0.15) is 37.1 Å². The van der Waals surface area contributed by atoms with Crippen LogP contribution < -0.4 is 14.2 Å². The molecule has 12 aromatic rings. The number of aryl methyl sites for hydroxylation is 6. The zero-order chi connectivity index (χ0) is 56.1. The summed E-state index contributed by atoms with van der Waals surface area (Å²) < 4.78 is 20.9. The standard InChI is InChI=1S/C78H69NO3/c1-52-40-55(4)73(70(43-52)80-49-58-22-10-7-11-23-58)76-64(37-34-61-28-16-19-31-67(61)76)46-79(47-65-38-35-62-29-17-20-32-68(62)77(65)74-56(5)41-53(2)44-71(74)81-50-59-24-12-8-13-25-59)48-66-39-36-63-30-18-21-33-69(63)78(66)75-57(6)42-54(3)45-72(75)82-51-60-26-14-9-15-27-60/h7-45H,46-51H2,1-6H3. The summed E-state index contributed by atoms with van der Waals surface area (Å²) in [5.41, 5.74) is 21.0. The van der Waals surface area contributed by atoms with Crippen LogP contribution in [0.2, 0.25) is 0 Å². The van der Waals surface area contributed by atoms with Crippen LogP contribution >= 0.6 is 0 Å². The summed E-state index contributed by atoms with van der Waals surface area (Å²) >= 11 is 0. The smallest absolute Gasteiger partial charge is 0.128 e. The van der Waals surface area contributed by atoms with Gasteiger partial charge in [0.2, 0.25) is 0 Å². The molecule has 0 fully saturated rings. The Kier molecular flexibility index (Phi) is 15.5. The van der Waals surface area contributed by atoms with Crippen LogP contribution in [-0.2, 0) is 39.5 Å². The summed E-state index contributed by atoms with van der Waals surface area (Å²) in [6, 6.07) is 85.6. The number of nitrogens with zero attached hydrogens (tertiary/aromatic N) is 1. The Balaban J connectivity index is 1.07. The maximum absolute atomic E-state index is 6.97. The van der Waals surface area contributed by atoms with Gasteiger partial charge < -0.3 is 14.2 Å². The Morgan fingerprint density at radius 3 is 0.829 bits per heavy atom. The Morgan fingerprint density at radius 1 is 0.268 bits per heavy atom. The Morgan fingerprint density at radius 2 is 0.537 bits per heavy atom. The van der Waals surface area contributed by atoms with Gasteiger partial charge in [0.25, 0.3) is 0 Å². The predicted octanol–water partition coefficient (Wildman–Crippen LogP) is 19.9. The topological polar surface area (TPSA) is 30.9 Å². The van der Waals surface area contributed by atoms with E-state index in [-0.39, 0.29) is 0 Å². The van der Waals surface area contributed by atoms with Crippen molar-refractivity contribution in [1.29, 1.82) is 0 Å². The van der Waals surface area contributed by atoms with Crippen molar-refractivity contribution in [2.75, 3.05) is 0 Å². The maximum Gasteiger partial charge on any atom is 0.128 e. The van der Waals surface area contributed by atoms with Gasteiger partial charge in [0.05, 0.1) is 0 Å². The molecule has 0 aliphatic carbocycles. The first-order chi connectivity index (χ1) is 40.1. The third-order valence-electron chi connectivity index (χ3n) is 16.0. The number of ether oxygens (including phenoxy) is 3. The third-order valence-corrected chi connectivity index (χ3v) is 16.0. The summed E-state index contributed by atoms with van der Waals surface area (Å²) in [7, 11) is 0. The van der Waals surface area contributed by atoms with Gasteiger partial charge in [0, 0.05) is 36.3 Å². The van der Waals surface area contributed by atoms with Crippen molar-refractivity contribution in [1.82, 2.24) is 4.90 Å². The van der Waals surface area contributed by atoms with Crippen LogP contribution in [-0.4, -0.2) is 4.90 Å². The quantitative estimate of drug-likeness (QED) is 0.0857. The minimum Gasteiger partial charge on any atom is -0.488 e. The minimum absolute atomic E-state index is 0.462. The van der Waals surface area contributed by atoms with Gasteiger partial charge >= 0.3 is 0 Å². The van der Waals surface area contributed by atoms with E-state index in [4.69, 9.17) is 14.2 Å². The number of benzene rings is 12. The number of fused-ring (bicyclic) bond motifs is 3. The monoisotopic (exact) mass is 1070 g/mol. The summed E-state index contributed by atoms with van der Waals surface area (Å²) in [5, 5.41) is 7.14. The summed E-state index contributed by atoms with van der Waals surface area (Å²) in [6.45, 7) is 16.5. The van der Waals surface area contributed by atoms with Crippen LogP contribution in [0.4, 0.5) is 0 Å². The lowest BCUT2D eigenvalue weighted by atomic mass is 9.87. The average Bonchev–Trinajstić information content (AvgIpc) is 2.53. The van der Waals surface area contributed by atoms with Crippen molar-refractivity contribution < 1.29 is 14.2 Å². The molecule has 0 bridgehead atoms. The molecular weight excluding hydrogens is 999 g/mol. The number of hydrogen-bond donors (Lipinski definition) is 0. The molecule has 404 valence electrons. The normalized spacial score (nSPS) is 11.5. The molecule has 0 saturated carbocycles. The van der Waals surface area contributed by atoms with Gasteiger partial charge in [0.15, 0.2) is 0 Å². The van der Waals surface area contributed by atoms with E-state index in [0.717, 1.165) is 67.3 Å². The molecule has 0 aliphatic heterocycles. The van der Waals surface area contributed by atoms with E-state index in [1.54, 1.807) is 0 Å². The number of rotatable bonds is 18. The highest BCUT2D eigenvalue weighted by Crippen LogP contribution is 2.46. The molecule has 0 N–H and O–H groups in total. The van der Waals surface area contributed by atoms with Crippen LogP contribution in [0, 0.1) is 41.5 Å². The van der Waals surface area contributed by atoms with E-state index < -0.39 is 0 Å². The summed E-state index contributed by atoms with van der Waals surface area (Å²) in [6.07, 6.45) is 0. The Labute approximate surface area is 483 Å². The summed E-state index contributed by atoms with van der Waals surface area (Å²) in [5.74, 6) is 2.65. The lowest BCUT2D eigenvalue weighted by Crippen LogP contribution is -2.24. The number of hydrogen-bond acceptors (Lipinski definition) is 4. The van der Waals surface area contributed by atoms with Crippen molar-refractivity contribution >= 4 is 32.3 Å². The molecule has 0 amide bonds. The van der Waals surface area contributed by atoms with E-state index in [2.05, 4.69) is 283 Å². The second kappa shape index (κ2) is 23.9. The van der Waals surface area contributed by atoms with Crippen molar-refractivity contribution in [2.24, 2.45) is 0 Å². The van der Waals surface area contributed by atoms with E-state index in [1.165, 1.54) is 82.4 Å². The molecule has 12 aromatic carbocycles. The fourth-order valence-electron chi connectivity index (χ4n) is 12.4. The highest BCUT2D eigenvalue weighted by molar-refractivity contribution is 6.03. The molecule has 0 unspecified atom stereocenters. The van der Waals surface area contributed by atoms with Crippen LogP contribution in [0.3, 0.4) is 0 Å². The lowest BCUT2D eigenvalue weighted by molar-refractivity contribution is 0.248. The molecule has 0 heterocycles. The molecule has 0 spiro atoms. The molecule has 82 heavy (non-hydrogen) atoms. The minimum atomic E-state index is 0.462. The second-order valence-electron chi connectivity index (χ2n) is 22.3. The molecule has 0 saturated heterocycles. The van der Waals surface area contributed by atoms with Gasteiger partial charge in [-0.2, -0.15) is 0 Å². The Bertz CT molecular complexity index is 3820. The van der Waals surface area contributed by atoms with Crippen LogP contribution in [0.5, 0.6) is 17.2 Å². The van der Waals surface area contributed by atoms with Crippen molar-refractivity contribution in [3.8, 4) is 50.6 Å². The van der Waals surface area contributed by atoms with Crippen molar-refractivity contribution in [3.05, 3.63) is 303 Å². The first-order valence-corrected chi connectivity index (χ1v) is 28.7. The van der Waals surface area contributed by atoms with Crippen LogP contribution in [0.25, 0.3) is 65.7 Å². The molecule has 4 heteroatoms. The van der Waals surface area contributed by atoms with Crippen molar-refractivity contribution in [2.45, 2.75) is 81.0 Å². The van der Waals surface area contributed by atoms with Gasteiger partial charge in [-0.05, 0) is 176 Å². The molecule has 4 nitrogen and oxygen atoms in total. The van der Waals surface area contributed by atoms with Crippen molar-refractivity contribution in [3.63, 3.8) is 0 Å². The highest BCUT2D eigenvalue weighted by atomic mass is 16.5.